The number of para-hydroxylation sites is 1. The summed E-state index contributed by atoms with van der Waals surface area (Å²) in [6.45, 7) is 9.46. The van der Waals surface area contributed by atoms with Crippen molar-refractivity contribution in [3.05, 3.63) is 29.8 Å². The number of nitrogens with one attached hydrogen (secondary N) is 2. The number of aliphatic hydroxyl groups is 2. The van der Waals surface area contributed by atoms with Gasteiger partial charge in [0.25, 0.3) is 5.91 Å². The number of hydrogen-bond donors (Lipinski definition) is 5. The molecular formula is C31H54ClN3O6. The molecule has 5 atom stereocenters. The Labute approximate surface area is 252 Å². The molecule has 1 fully saturated rings. The van der Waals surface area contributed by atoms with Crippen molar-refractivity contribution in [1.29, 1.82) is 0 Å². The van der Waals surface area contributed by atoms with Crippen LogP contribution in [0.2, 0.25) is 0 Å². The molecule has 0 bridgehead atoms. The highest BCUT2D eigenvalue weighted by atomic mass is 35.5. The maximum absolute atomic E-state index is 13.0. The lowest BCUT2D eigenvalue weighted by Gasteiger charge is -2.39. The average Bonchev–Trinajstić information content (AvgIpc) is 2.93. The summed E-state index contributed by atoms with van der Waals surface area (Å²) < 4.78 is 10.9. The molecule has 6 N–H and O–H groups in total. The summed E-state index contributed by atoms with van der Waals surface area (Å²) >= 11 is 0. The van der Waals surface area contributed by atoms with E-state index >= 15 is 0 Å². The molecule has 0 aromatic heterocycles. The minimum absolute atomic E-state index is 0. The van der Waals surface area contributed by atoms with Crippen molar-refractivity contribution < 1.29 is 29.3 Å². The minimum atomic E-state index is -0.930. The quantitative estimate of drug-likeness (QED) is 0.172. The van der Waals surface area contributed by atoms with Crippen LogP contribution in [0.4, 0.5) is 0 Å². The molecule has 2 rings (SSSR count). The first-order valence-electron chi connectivity index (χ1n) is 14.9. The van der Waals surface area contributed by atoms with E-state index in [4.69, 9.17) is 15.2 Å². The number of carbonyl (C=O) groups is 2. The van der Waals surface area contributed by atoms with Crippen molar-refractivity contribution in [3.63, 3.8) is 0 Å². The Morgan fingerprint density at radius 2 is 1.73 bits per heavy atom. The Kier molecular flexibility index (Phi) is 16.8. The summed E-state index contributed by atoms with van der Waals surface area (Å²) in [7, 11) is 1.67. The van der Waals surface area contributed by atoms with Crippen molar-refractivity contribution in [2.75, 3.05) is 33.4 Å². The molecule has 0 radical (unpaired) electrons. The minimum Gasteiger partial charge on any atom is -0.493 e. The summed E-state index contributed by atoms with van der Waals surface area (Å²) in [5.74, 6) is 0.285. The van der Waals surface area contributed by atoms with Crippen LogP contribution in [0.1, 0.15) is 83.0 Å². The first kappa shape index (κ1) is 37.1. The van der Waals surface area contributed by atoms with E-state index < -0.39 is 23.7 Å². The molecule has 10 heteroatoms. The fraction of sp³-hybridized carbons (Fsp3) is 0.742. The lowest BCUT2D eigenvalue weighted by Crippen LogP contribution is -2.51. The summed E-state index contributed by atoms with van der Waals surface area (Å²) in [6.07, 6.45) is 4.31. The summed E-state index contributed by atoms with van der Waals surface area (Å²) in [5, 5.41) is 27.1. The second-order valence-corrected chi connectivity index (χ2v) is 12.1. The number of amides is 2. The zero-order valence-corrected chi connectivity index (χ0v) is 26.4. The lowest BCUT2D eigenvalue weighted by atomic mass is 9.69. The van der Waals surface area contributed by atoms with Gasteiger partial charge in [-0.1, -0.05) is 52.7 Å². The van der Waals surface area contributed by atoms with Gasteiger partial charge in [0.05, 0.1) is 24.4 Å². The molecule has 1 saturated carbocycles. The monoisotopic (exact) mass is 599 g/mol. The van der Waals surface area contributed by atoms with Gasteiger partial charge in [0.15, 0.2) is 0 Å². The van der Waals surface area contributed by atoms with E-state index in [0.29, 0.717) is 37.5 Å². The molecular weight excluding hydrogens is 546 g/mol. The lowest BCUT2D eigenvalue weighted by molar-refractivity contribution is -0.137. The molecule has 236 valence electrons. The second kappa shape index (κ2) is 18.6. The van der Waals surface area contributed by atoms with Crippen molar-refractivity contribution in [1.82, 2.24) is 10.6 Å². The molecule has 0 heterocycles. The molecule has 9 nitrogen and oxygen atoms in total. The third-order valence-corrected chi connectivity index (χ3v) is 8.38. The predicted molar refractivity (Wildman–Crippen MR) is 164 cm³/mol. The Morgan fingerprint density at radius 3 is 2.39 bits per heavy atom. The molecule has 1 aliphatic rings. The molecule has 0 spiro atoms. The zero-order chi connectivity index (χ0) is 29.7. The first-order valence-corrected chi connectivity index (χ1v) is 14.9. The number of benzene rings is 1. The molecule has 0 saturated heterocycles. The Balaban J connectivity index is 0.00000840. The SMILES string of the molecule is COCCCCOc1ccccc1C(=O)NCC(CC(N)C(O)CNC(=O)C(C)(C)[C@H]1CCCC[C@@H]1O)C(C)C.Cl. The van der Waals surface area contributed by atoms with Gasteiger partial charge >= 0.3 is 0 Å². The van der Waals surface area contributed by atoms with Gasteiger partial charge in [0, 0.05) is 38.3 Å². The van der Waals surface area contributed by atoms with Crippen molar-refractivity contribution in [2.24, 2.45) is 28.9 Å². The molecule has 1 aromatic rings. The highest BCUT2D eigenvalue weighted by Gasteiger charge is 2.41. The summed E-state index contributed by atoms with van der Waals surface area (Å²) in [4.78, 5) is 26.0. The molecule has 1 aromatic carbocycles. The number of carbonyl (C=O) groups excluding carboxylic acids is 2. The van der Waals surface area contributed by atoms with Crippen molar-refractivity contribution in [3.8, 4) is 5.75 Å². The van der Waals surface area contributed by atoms with Gasteiger partial charge in [-0.3, -0.25) is 9.59 Å². The van der Waals surface area contributed by atoms with Crippen LogP contribution < -0.4 is 21.1 Å². The number of nitrogens with two attached hydrogens (primary N) is 1. The summed E-state index contributed by atoms with van der Waals surface area (Å²) in [6, 6.07) is 6.62. The Hall–Kier alpha value is -1.91. The number of ether oxygens (including phenoxy) is 2. The van der Waals surface area contributed by atoms with Crippen LogP contribution in [0.15, 0.2) is 24.3 Å². The molecule has 1 aliphatic carbocycles. The van der Waals surface area contributed by atoms with E-state index in [9.17, 15) is 19.8 Å². The fourth-order valence-corrected chi connectivity index (χ4v) is 5.43. The number of methoxy groups -OCH3 is 1. The van der Waals surface area contributed by atoms with E-state index in [1.54, 1.807) is 19.2 Å². The first-order chi connectivity index (χ1) is 19.0. The normalized spacial score (nSPS) is 19.5. The van der Waals surface area contributed by atoms with Crippen LogP contribution in [0, 0.1) is 23.2 Å². The van der Waals surface area contributed by atoms with Gasteiger partial charge < -0.3 is 36.1 Å². The number of hydrogen-bond acceptors (Lipinski definition) is 7. The van der Waals surface area contributed by atoms with E-state index in [-0.39, 0.29) is 48.5 Å². The Bertz CT molecular complexity index is 916. The van der Waals surface area contributed by atoms with Crippen LogP contribution in [-0.4, -0.2) is 73.7 Å². The van der Waals surface area contributed by atoms with Gasteiger partial charge in [-0.2, -0.15) is 0 Å². The van der Waals surface area contributed by atoms with Crippen molar-refractivity contribution in [2.45, 2.75) is 90.9 Å². The highest BCUT2D eigenvalue weighted by molar-refractivity contribution is 5.96. The average molecular weight is 600 g/mol. The maximum atomic E-state index is 13.0. The van der Waals surface area contributed by atoms with Crippen molar-refractivity contribution >= 4 is 24.2 Å². The smallest absolute Gasteiger partial charge is 0.255 e. The largest absolute Gasteiger partial charge is 0.493 e. The third kappa shape index (κ3) is 11.7. The fourth-order valence-electron chi connectivity index (χ4n) is 5.43. The van der Waals surface area contributed by atoms with Crippen LogP contribution in [-0.2, 0) is 9.53 Å². The van der Waals surface area contributed by atoms with Gasteiger partial charge in [-0.15, -0.1) is 12.4 Å². The van der Waals surface area contributed by atoms with Crippen LogP contribution in [0.3, 0.4) is 0 Å². The van der Waals surface area contributed by atoms with E-state index in [1.165, 1.54) is 0 Å². The van der Waals surface area contributed by atoms with Crippen LogP contribution in [0.5, 0.6) is 5.75 Å². The molecule has 41 heavy (non-hydrogen) atoms. The molecule has 0 aliphatic heterocycles. The van der Waals surface area contributed by atoms with Crippen LogP contribution in [0.25, 0.3) is 0 Å². The number of unbranched alkanes of at least 4 members (excludes halogenated alkanes) is 1. The highest BCUT2D eigenvalue weighted by Crippen LogP contribution is 2.38. The second-order valence-electron chi connectivity index (χ2n) is 12.1. The standard InChI is InChI=1S/C31H53N3O6.ClH/c1-21(2)22(19-33-29(37)23-12-6-9-15-28(23)40-17-11-10-16-39-5)18-25(32)27(36)20-34-30(38)31(3,4)24-13-7-8-14-26(24)35;/h6,9,12,15,21-22,24-27,35-36H,7-8,10-11,13-14,16-20,32H2,1-5H3,(H,33,37)(H,34,38);1H/t22?,24-,25?,26-,27?;/m0./s1. The van der Waals surface area contributed by atoms with E-state index in [0.717, 1.165) is 38.5 Å². The number of aliphatic hydroxyl groups excluding tert-OH is 2. The van der Waals surface area contributed by atoms with Gasteiger partial charge in [0.1, 0.15) is 5.75 Å². The zero-order valence-electron chi connectivity index (χ0n) is 25.6. The number of halogens is 1. The predicted octanol–water partition coefficient (Wildman–Crippen LogP) is 3.69. The van der Waals surface area contributed by atoms with E-state index in [2.05, 4.69) is 24.5 Å². The van der Waals surface area contributed by atoms with Gasteiger partial charge in [-0.25, -0.2) is 0 Å². The van der Waals surface area contributed by atoms with E-state index in [1.807, 2.05) is 26.0 Å². The molecule has 2 amide bonds. The summed E-state index contributed by atoms with van der Waals surface area (Å²) in [5.41, 5.74) is 6.11. The van der Waals surface area contributed by atoms with Gasteiger partial charge in [-0.05, 0) is 62.0 Å². The maximum Gasteiger partial charge on any atom is 0.255 e. The third-order valence-electron chi connectivity index (χ3n) is 8.38. The Morgan fingerprint density at radius 1 is 1.07 bits per heavy atom. The number of rotatable bonds is 17. The van der Waals surface area contributed by atoms with Crippen LogP contribution >= 0.6 is 12.4 Å². The molecule has 3 unspecified atom stereocenters. The van der Waals surface area contributed by atoms with Gasteiger partial charge in [0.2, 0.25) is 5.91 Å². The topological polar surface area (TPSA) is 143 Å².